The Morgan fingerprint density at radius 2 is 2.11 bits per heavy atom. The fourth-order valence-electron chi connectivity index (χ4n) is 1.50. The van der Waals surface area contributed by atoms with Crippen LogP contribution in [0.2, 0.25) is 0 Å². The molecule has 0 aliphatic heterocycles. The van der Waals surface area contributed by atoms with E-state index < -0.39 is 10.0 Å². The summed E-state index contributed by atoms with van der Waals surface area (Å²) in [6.07, 6.45) is 5.16. The van der Waals surface area contributed by atoms with Crippen LogP contribution in [0.1, 0.15) is 6.92 Å². The first kappa shape index (κ1) is 15.9. The molecule has 4 nitrogen and oxygen atoms in total. The molecule has 0 spiro atoms. The maximum absolute atomic E-state index is 12.0. The SMILES string of the molecule is C#CCSCCNc1ccccc1S(=O)(=O)NCC. The molecule has 0 bridgehead atoms. The maximum Gasteiger partial charge on any atom is 0.242 e. The number of sulfonamides is 1. The molecule has 1 rings (SSSR count). The topological polar surface area (TPSA) is 58.2 Å². The molecule has 0 atom stereocenters. The Bertz CT molecular complexity index is 536. The molecular weight excluding hydrogens is 280 g/mol. The van der Waals surface area contributed by atoms with Gasteiger partial charge in [-0.3, -0.25) is 0 Å². The van der Waals surface area contributed by atoms with Gasteiger partial charge in [0, 0.05) is 18.8 Å². The summed E-state index contributed by atoms with van der Waals surface area (Å²) in [6, 6.07) is 6.87. The molecule has 2 N–H and O–H groups in total. The summed E-state index contributed by atoms with van der Waals surface area (Å²) in [4.78, 5) is 0.277. The number of hydrogen-bond donors (Lipinski definition) is 2. The summed E-state index contributed by atoms with van der Waals surface area (Å²) in [6.45, 7) is 2.80. The fraction of sp³-hybridized carbons (Fsp3) is 0.385. The monoisotopic (exact) mass is 298 g/mol. The van der Waals surface area contributed by atoms with Crippen LogP contribution in [0.4, 0.5) is 5.69 Å². The van der Waals surface area contributed by atoms with Gasteiger partial charge in [-0.1, -0.05) is 25.0 Å². The molecule has 0 heterocycles. The number of para-hydroxylation sites is 1. The first-order valence-electron chi connectivity index (χ1n) is 5.95. The maximum atomic E-state index is 12.0. The van der Waals surface area contributed by atoms with Crippen LogP contribution in [-0.2, 0) is 10.0 Å². The van der Waals surface area contributed by atoms with Crippen molar-refractivity contribution in [1.82, 2.24) is 4.72 Å². The van der Waals surface area contributed by atoms with Crippen molar-refractivity contribution >= 4 is 27.5 Å². The molecule has 0 aromatic heterocycles. The van der Waals surface area contributed by atoms with E-state index in [9.17, 15) is 8.42 Å². The van der Waals surface area contributed by atoms with Crippen molar-refractivity contribution < 1.29 is 8.42 Å². The highest BCUT2D eigenvalue weighted by atomic mass is 32.2. The molecule has 0 radical (unpaired) electrons. The van der Waals surface area contributed by atoms with Crippen LogP contribution in [0.5, 0.6) is 0 Å². The highest BCUT2D eigenvalue weighted by Crippen LogP contribution is 2.20. The van der Waals surface area contributed by atoms with Crippen LogP contribution in [0.25, 0.3) is 0 Å². The van der Waals surface area contributed by atoms with E-state index in [0.29, 0.717) is 24.5 Å². The summed E-state index contributed by atoms with van der Waals surface area (Å²) < 4.78 is 26.5. The van der Waals surface area contributed by atoms with Crippen LogP contribution >= 0.6 is 11.8 Å². The fourth-order valence-corrected chi connectivity index (χ4v) is 3.24. The van der Waals surface area contributed by atoms with Gasteiger partial charge in [0.05, 0.1) is 11.4 Å². The average Bonchev–Trinajstić information content (AvgIpc) is 2.39. The van der Waals surface area contributed by atoms with Crippen LogP contribution in [0.3, 0.4) is 0 Å². The molecule has 0 saturated heterocycles. The Kier molecular flexibility index (Phi) is 6.78. The predicted molar refractivity (Wildman–Crippen MR) is 82.0 cm³/mol. The van der Waals surface area contributed by atoms with E-state index >= 15 is 0 Å². The summed E-state index contributed by atoms with van der Waals surface area (Å²) in [5.41, 5.74) is 0.616. The highest BCUT2D eigenvalue weighted by Gasteiger charge is 2.16. The predicted octanol–water partition coefficient (Wildman–Crippen LogP) is 1.76. The minimum absolute atomic E-state index is 0.277. The van der Waals surface area contributed by atoms with Gasteiger partial charge in [0.1, 0.15) is 4.90 Å². The van der Waals surface area contributed by atoms with E-state index in [0.717, 1.165) is 5.75 Å². The lowest BCUT2D eigenvalue weighted by atomic mass is 10.3. The Hall–Kier alpha value is -1.16. The minimum atomic E-state index is -3.44. The number of thioether (sulfide) groups is 1. The molecule has 0 aliphatic rings. The molecular formula is C13H18N2O2S2. The molecule has 1 aromatic rings. The smallest absolute Gasteiger partial charge is 0.242 e. The average molecular weight is 298 g/mol. The first-order valence-corrected chi connectivity index (χ1v) is 8.59. The van der Waals surface area contributed by atoms with Gasteiger partial charge in [-0.15, -0.1) is 18.2 Å². The van der Waals surface area contributed by atoms with Crippen molar-refractivity contribution in [3.63, 3.8) is 0 Å². The van der Waals surface area contributed by atoms with Gasteiger partial charge in [0.2, 0.25) is 10.0 Å². The summed E-state index contributed by atoms with van der Waals surface area (Å²) in [5.74, 6) is 4.05. The zero-order valence-electron chi connectivity index (χ0n) is 10.8. The van der Waals surface area contributed by atoms with Crippen molar-refractivity contribution in [3.05, 3.63) is 24.3 Å². The Labute approximate surface area is 119 Å². The quantitative estimate of drug-likeness (QED) is 0.567. The van der Waals surface area contributed by atoms with Gasteiger partial charge >= 0.3 is 0 Å². The Morgan fingerprint density at radius 1 is 1.37 bits per heavy atom. The van der Waals surface area contributed by atoms with Crippen molar-refractivity contribution in [3.8, 4) is 12.3 Å². The molecule has 104 valence electrons. The first-order chi connectivity index (χ1) is 9.11. The second-order valence-corrected chi connectivity index (χ2v) is 6.52. The third-order valence-corrected chi connectivity index (χ3v) is 4.73. The summed E-state index contributed by atoms with van der Waals surface area (Å²) >= 11 is 1.63. The van der Waals surface area contributed by atoms with E-state index in [1.54, 1.807) is 36.9 Å². The van der Waals surface area contributed by atoms with Gasteiger partial charge in [0.15, 0.2) is 0 Å². The van der Waals surface area contributed by atoms with Crippen LogP contribution in [0.15, 0.2) is 29.2 Å². The van der Waals surface area contributed by atoms with E-state index in [2.05, 4.69) is 16.0 Å². The van der Waals surface area contributed by atoms with Crippen molar-refractivity contribution in [2.24, 2.45) is 0 Å². The number of terminal acetylenes is 1. The largest absolute Gasteiger partial charge is 0.383 e. The minimum Gasteiger partial charge on any atom is -0.383 e. The lowest BCUT2D eigenvalue weighted by Gasteiger charge is -2.12. The van der Waals surface area contributed by atoms with Crippen LogP contribution in [0, 0.1) is 12.3 Å². The number of benzene rings is 1. The summed E-state index contributed by atoms with van der Waals surface area (Å²) in [7, 11) is -3.44. The van der Waals surface area contributed by atoms with E-state index in [-0.39, 0.29) is 4.90 Å². The zero-order valence-corrected chi connectivity index (χ0v) is 12.5. The van der Waals surface area contributed by atoms with Gasteiger partial charge in [-0.05, 0) is 12.1 Å². The summed E-state index contributed by atoms with van der Waals surface area (Å²) in [5, 5.41) is 3.13. The Morgan fingerprint density at radius 3 is 2.79 bits per heavy atom. The number of nitrogens with one attached hydrogen (secondary N) is 2. The second-order valence-electron chi connectivity index (χ2n) is 3.68. The van der Waals surface area contributed by atoms with Gasteiger partial charge in [-0.2, -0.15) is 0 Å². The standard InChI is InChI=1S/C13H18N2O2S2/c1-3-10-18-11-9-14-12-7-5-6-8-13(12)19(16,17)15-4-2/h1,5-8,14-15H,4,9-11H2,2H3. The van der Waals surface area contributed by atoms with Gasteiger partial charge < -0.3 is 5.32 Å². The molecule has 1 aromatic carbocycles. The number of rotatable bonds is 8. The molecule has 0 fully saturated rings. The molecule has 0 aliphatic carbocycles. The van der Waals surface area contributed by atoms with Crippen molar-refractivity contribution in [2.45, 2.75) is 11.8 Å². The van der Waals surface area contributed by atoms with Gasteiger partial charge in [-0.25, -0.2) is 13.1 Å². The lowest BCUT2D eigenvalue weighted by molar-refractivity contribution is 0.584. The van der Waals surface area contributed by atoms with E-state index in [4.69, 9.17) is 6.42 Å². The van der Waals surface area contributed by atoms with E-state index in [1.807, 2.05) is 6.07 Å². The molecule has 0 saturated carbocycles. The second kappa shape index (κ2) is 8.10. The lowest BCUT2D eigenvalue weighted by Crippen LogP contribution is -2.24. The normalized spacial score (nSPS) is 10.9. The highest BCUT2D eigenvalue weighted by molar-refractivity contribution is 7.99. The molecule has 6 heteroatoms. The number of anilines is 1. The third-order valence-electron chi connectivity index (χ3n) is 2.26. The third kappa shape index (κ3) is 5.15. The van der Waals surface area contributed by atoms with Crippen molar-refractivity contribution in [2.75, 3.05) is 29.9 Å². The molecule has 19 heavy (non-hydrogen) atoms. The van der Waals surface area contributed by atoms with Crippen LogP contribution in [-0.4, -0.2) is 33.0 Å². The van der Waals surface area contributed by atoms with Crippen molar-refractivity contribution in [1.29, 1.82) is 0 Å². The number of hydrogen-bond acceptors (Lipinski definition) is 4. The van der Waals surface area contributed by atoms with E-state index in [1.165, 1.54) is 0 Å². The molecule has 0 amide bonds. The van der Waals surface area contributed by atoms with Crippen LogP contribution < -0.4 is 10.0 Å². The zero-order chi connectivity index (χ0) is 14.1. The van der Waals surface area contributed by atoms with Gasteiger partial charge in [0.25, 0.3) is 0 Å². The Balaban J connectivity index is 2.72. The molecule has 0 unspecified atom stereocenters.